The van der Waals surface area contributed by atoms with E-state index in [9.17, 15) is 4.79 Å². The molecule has 1 N–H and O–H groups in total. The molecular formula is C15H22N2O3S. The van der Waals surface area contributed by atoms with Gasteiger partial charge in [-0.2, -0.15) is 0 Å². The zero-order valence-electron chi connectivity index (χ0n) is 12.1. The molecule has 2 aliphatic heterocycles. The van der Waals surface area contributed by atoms with Crippen LogP contribution in [0.2, 0.25) is 0 Å². The molecule has 0 radical (unpaired) electrons. The molecule has 1 aromatic heterocycles. The Bertz CT molecular complexity index is 438. The van der Waals surface area contributed by atoms with Crippen LogP contribution in [0.1, 0.15) is 25.7 Å². The number of carbonyl (C=O) groups excluding carboxylic acids is 1. The SMILES string of the molecule is O=C(NC1CCOCC1)N1CCC(Oc2ccsc2)CC1. The number of nitrogens with one attached hydrogen (secondary N) is 1. The summed E-state index contributed by atoms with van der Waals surface area (Å²) in [6, 6.07) is 2.33. The number of piperidine rings is 1. The third-order valence-electron chi connectivity index (χ3n) is 4.08. The number of rotatable bonds is 3. The van der Waals surface area contributed by atoms with Crippen LogP contribution in [0, 0.1) is 0 Å². The zero-order valence-corrected chi connectivity index (χ0v) is 12.9. The molecule has 0 aliphatic carbocycles. The summed E-state index contributed by atoms with van der Waals surface area (Å²) in [5, 5.41) is 7.15. The van der Waals surface area contributed by atoms with Crippen molar-refractivity contribution in [3.63, 3.8) is 0 Å². The Morgan fingerprint density at radius 1 is 1.29 bits per heavy atom. The number of carbonyl (C=O) groups is 1. The van der Waals surface area contributed by atoms with Crippen LogP contribution in [-0.2, 0) is 4.74 Å². The standard InChI is InChI=1S/C15H22N2O3S/c18-15(16-12-3-8-19-9-4-12)17-6-1-13(2-7-17)20-14-5-10-21-11-14/h5,10-13H,1-4,6-9H2,(H,16,18). The predicted molar refractivity (Wildman–Crippen MR) is 81.9 cm³/mol. The van der Waals surface area contributed by atoms with Crippen molar-refractivity contribution in [2.24, 2.45) is 0 Å². The highest BCUT2D eigenvalue weighted by atomic mass is 32.1. The fourth-order valence-electron chi connectivity index (χ4n) is 2.80. The van der Waals surface area contributed by atoms with Crippen LogP contribution in [0.15, 0.2) is 16.8 Å². The molecule has 21 heavy (non-hydrogen) atoms. The second-order valence-corrected chi connectivity index (χ2v) is 6.38. The van der Waals surface area contributed by atoms with E-state index in [1.807, 2.05) is 21.7 Å². The predicted octanol–water partition coefficient (Wildman–Crippen LogP) is 2.48. The molecule has 3 rings (SSSR count). The maximum absolute atomic E-state index is 12.2. The molecule has 2 fully saturated rings. The number of amides is 2. The molecule has 0 spiro atoms. The van der Waals surface area contributed by atoms with Crippen molar-refractivity contribution in [3.8, 4) is 5.75 Å². The van der Waals surface area contributed by atoms with E-state index in [2.05, 4.69) is 5.32 Å². The molecule has 2 aliphatic rings. The van der Waals surface area contributed by atoms with Crippen LogP contribution >= 0.6 is 11.3 Å². The average molecular weight is 310 g/mol. The molecule has 0 saturated carbocycles. The van der Waals surface area contributed by atoms with E-state index in [1.54, 1.807) is 11.3 Å². The Kier molecular flexibility index (Phi) is 4.98. The molecule has 3 heterocycles. The minimum Gasteiger partial charge on any atom is -0.489 e. The fourth-order valence-corrected chi connectivity index (χ4v) is 3.36. The van der Waals surface area contributed by atoms with E-state index in [0.717, 1.165) is 57.7 Å². The van der Waals surface area contributed by atoms with Crippen LogP contribution in [0.4, 0.5) is 4.79 Å². The summed E-state index contributed by atoms with van der Waals surface area (Å²) in [4.78, 5) is 14.1. The van der Waals surface area contributed by atoms with E-state index < -0.39 is 0 Å². The van der Waals surface area contributed by atoms with Gasteiger partial charge in [0.25, 0.3) is 0 Å². The number of likely N-dealkylation sites (tertiary alicyclic amines) is 1. The molecule has 2 amide bonds. The Balaban J connectivity index is 1.41. The zero-order chi connectivity index (χ0) is 14.5. The van der Waals surface area contributed by atoms with Crippen molar-refractivity contribution >= 4 is 17.4 Å². The third kappa shape index (κ3) is 4.11. The minimum absolute atomic E-state index is 0.0656. The largest absolute Gasteiger partial charge is 0.489 e. The van der Waals surface area contributed by atoms with Crippen molar-refractivity contribution in [3.05, 3.63) is 16.8 Å². The van der Waals surface area contributed by atoms with Gasteiger partial charge in [0, 0.05) is 50.6 Å². The fraction of sp³-hybridized carbons (Fsp3) is 0.667. The molecular weight excluding hydrogens is 288 g/mol. The first-order valence-corrected chi connectivity index (χ1v) is 8.57. The van der Waals surface area contributed by atoms with Gasteiger partial charge in [-0.05, 0) is 24.3 Å². The normalized spacial score (nSPS) is 21.2. The Hall–Kier alpha value is -1.27. The summed E-state index contributed by atoms with van der Waals surface area (Å²) in [6.07, 6.45) is 3.87. The van der Waals surface area contributed by atoms with Crippen LogP contribution in [-0.4, -0.2) is 49.4 Å². The highest BCUT2D eigenvalue weighted by molar-refractivity contribution is 7.08. The van der Waals surface area contributed by atoms with Gasteiger partial charge in [0.1, 0.15) is 11.9 Å². The Labute approximate surface area is 129 Å². The van der Waals surface area contributed by atoms with Crippen molar-refractivity contribution in [2.75, 3.05) is 26.3 Å². The minimum atomic E-state index is 0.0656. The summed E-state index contributed by atoms with van der Waals surface area (Å²) in [5.41, 5.74) is 0. The van der Waals surface area contributed by atoms with Gasteiger partial charge in [-0.1, -0.05) is 0 Å². The smallest absolute Gasteiger partial charge is 0.317 e. The quantitative estimate of drug-likeness (QED) is 0.933. The number of hydrogen-bond donors (Lipinski definition) is 1. The van der Waals surface area contributed by atoms with Crippen LogP contribution in [0.25, 0.3) is 0 Å². The van der Waals surface area contributed by atoms with Gasteiger partial charge in [0.05, 0.1) is 0 Å². The molecule has 2 saturated heterocycles. The third-order valence-corrected chi connectivity index (χ3v) is 4.74. The highest BCUT2D eigenvalue weighted by Crippen LogP contribution is 2.21. The molecule has 0 aromatic carbocycles. The van der Waals surface area contributed by atoms with Gasteiger partial charge in [-0.15, -0.1) is 11.3 Å². The number of hydrogen-bond acceptors (Lipinski definition) is 4. The Morgan fingerprint density at radius 2 is 2.05 bits per heavy atom. The van der Waals surface area contributed by atoms with Gasteiger partial charge >= 0.3 is 6.03 Å². The molecule has 5 nitrogen and oxygen atoms in total. The molecule has 1 aromatic rings. The van der Waals surface area contributed by atoms with E-state index >= 15 is 0 Å². The maximum Gasteiger partial charge on any atom is 0.317 e. The molecule has 0 unspecified atom stereocenters. The van der Waals surface area contributed by atoms with E-state index in [4.69, 9.17) is 9.47 Å². The first-order valence-electron chi connectivity index (χ1n) is 7.63. The van der Waals surface area contributed by atoms with Gasteiger partial charge < -0.3 is 19.7 Å². The van der Waals surface area contributed by atoms with Crippen molar-refractivity contribution < 1.29 is 14.3 Å². The van der Waals surface area contributed by atoms with E-state index in [1.165, 1.54) is 0 Å². The molecule has 0 bridgehead atoms. The van der Waals surface area contributed by atoms with Gasteiger partial charge in [0.2, 0.25) is 0 Å². The Morgan fingerprint density at radius 3 is 2.71 bits per heavy atom. The summed E-state index contributed by atoms with van der Waals surface area (Å²) < 4.78 is 11.2. The summed E-state index contributed by atoms with van der Waals surface area (Å²) >= 11 is 1.64. The highest BCUT2D eigenvalue weighted by Gasteiger charge is 2.25. The molecule has 116 valence electrons. The summed E-state index contributed by atoms with van der Waals surface area (Å²) in [6.45, 7) is 3.04. The van der Waals surface area contributed by atoms with E-state index in [0.29, 0.717) is 0 Å². The molecule has 0 atom stereocenters. The average Bonchev–Trinajstić information content (AvgIpc) is 3.02. The lowest BCUT2D eigenvalue weighted by Gasteiger charge is -2.33. The lowest BCUT2D eigenvalue weighted by Crippen LogP contribution is -2.50. The monoisotopic (exact) mass is 310 g/mol. The topological polar surface area (TPSA) is 50.8 Å². The van der Waals surface area contributed by atoms with E-state index in [-0.39, 0.29) is 18.2 Å². The number of ether oxygens (including phenoxy) is 2. The van der Waals surface area contributed by atoms with Crippen molar-refractivity contribution in [1.29, 1.82) is 0 Å². The summed E-state index contributed by atoms with van der Waals surface area (Å²) in [7, 11) is 0. The van der Waals surface area contributed by atoms with Crippen molar-refractivity contribution in [2.45, 2.75) is 37.8 Å². The first kappa shape index (κ1) is 14.7. The molecule has 6 heteroatoms. The second-order valence-electron chi connectivity index (χ2n) is 5.60. The lowest BCUT2D eigenvalue weighted by molar-refractivity contribution is 0.0747. The first-order chi connectivity index (χ1) is 10.3. The van der Waals surface area contributed by atoms with Crippen LogP contribution in [0.3, 0.4) is 0 Å². The van der Waals surface area contributed by atoms with Crippen molar-refractivity contribution in [1.82, 2.24) is 10.2 Å². The van der Waals surface area contributed by atoms with Crippen LogP contribution in [0.5, 0.6) is 5.75 Å². The van der Waals surface area contributed by atoms with Crippen LogP contribution < -0.4 is 10.1 Å². The summed E-state index contributed by atoms with van der Waals surface area (Å²) in [5.74, 6) is 0.949. The second kappa shape index (κ2) is 7.13. The number of urea groups is 1. The number of nitrogens with zero attached hydrogens (tertiary/aromatic N) is 1. The lowest BCUT2D eigenvalue weighted by atomic mass is 10.1. The number of thiophene rings is 1. The van der Waals surface area contributed by atoms with Gasteiger partial charge in [0.15, 0.2) is 0 Å². The van der Waals surface area contributed by atoms with Gasteiger partial charge in [-0.25, -0.2) is 4.79 Å². The maximum atomic E-state index is 12.2. The van der Waals surface area contributed by atoms with Gasteiger partial charge in [-0.3, -0.25) is 0 Å².